The van der Waals surface area contributed by atoms with Crippen molar-refractivity contribution in [3.63, 3.8) is 0 Å². The van der Waals surface area contributed by atoms with E-state index in [0.717, 1.165) is 12.8 Å². The van der Waals surface area contributed by atoms with Gasteiger partial charge in [0.2, 0.25) is 0 Å². The number of hydrogen-bond acceptors (Lipinski definition) is 2. The summed E-state index contributed by atoms with van der Waals surface area (Å²) in [6.07, 6.45) is 2.33. The molecule has 0 aliphatic carbocycles. The number of rotatable bonds is 4. The molecule has 0 unspecified atom stereocenters. The van der Waals surface area contributed by atoms with Crippen LogP contribution in [0, 0.1) is 0 Å². The van der Waals surface area contributed by atoms with Crippen molar-refractivity contribution in [1.29, 1.82) is 0 Å². The van der Waals surface area contributed by atoms with Gasteiger partial charge in [0.25, 0.3) is 0 Å². The van der Waals surface area contributed by atoms with Gasteiger partial charge in [-0.25, -0.2) is 0 Å². The van der Waals surface area contributed by atoms with E-state index in [2.05, 4.69) is 6.92 Å². The summed E-state index contributed by atoms with van der Waals surface area (Å²) in [5.74, 6) is 0.710. The molecule has 14 heavy (non-hydrogen) atoms. The quantitative estimate of drug-likeness (QED) is 0.778. The smallest absolute Gasteiger partial charge is 0.138 e. The molecule has 0 aromatic heterocycles. The van der Waals surface area contributed by atoms with Crippen LogP contribution in [0.5, 0.6) is 5.75 Å². The number of anilines is 1. The van der Waals surface area contributed by atoms with Crippen LogP contribution in [0.2, 0.25) is 5.02 Å². The van der Waals surface area contributed by atoms with Crippen LogP contribution in [-0.2, 0) is 0 Å². The summed E-state index contributed by atoms with van der Waals surface area (Å²) in [5.41, 5.74) is 6.23. The summed E-state index contributed by atoms with van der Waals surface area (Å²) in [7, 11) is 0. The Bertz CT molecular complexity index is 301. The van der Waals surface area contributed by atoms with Crippen molar-refractivity contribution >= 4 is 17.3 Å². The average molecular weight is 214 g/mol. The van der Waals surface area contributed by atoms with E-state index in [1.54, 1.807) is 12.1 Å². The van der Waals surface area contributed by atoms with Gasteiger partial charge in [-0.3, -0.25) is 0 Å². The standard InChI is InChI=1S/C11H16ClNO/c1-3-4-8(2)14-11-6-5-9(13)7-10(11)12/h5-8H,3-4,13H2,1-2H3/t8-/m1/s1. The molecule has 0 aliphatic heterocycles. The van der Waals surface area contributed by atoms with Crippen molar-refractivity contribution in [2.45, 2.75) is 32.8 Å². The number of halogens is 1. The Kier molecular flexibility index (Phi) is 4.08. The maximum atomic E-state index is 5.97. The molecule has 1 rings (SSSR count). The molecule has 0 bridgehead atoms. The Morgan fingerprint density at radius 3 is 2.79 bits per heavy atom. The second-order valence-electron chi connectivity index (χ2n) is 3.41. The monoisotopic (exact) mass is 213 g/mol. The molecule has 1 atom stereocenters. The van der Waals surface area contributed by atoms with Gasteiger partial charge in [-0.2, -0.15) is 0 Å². The van der Waals surface area contributed by atoms with Gasteiger partial charge in [0, 0.05) is 5.69 Å². The van der Waals surface area contributed by atoms with Gasteiger partial charge < -0.3 is 10.5 Å². The zero-order valence-electron chi connectivity index (χ0n) is 8.59. The molecule has 0 amide bonds. The molecule has 0 spiro atoms. The summed E-state index contributed by atoms with van der Waals surface area (Å²) < 4.78 is 5.65. The molecule has 1 aromatic carbocycles. The number of ether oxygens (including phenoxy) is 1. The SMILES string of the molecule is CCC[C@@H](C)Oc1ccc(N)cc1Cl. The third kappa shape index (κ3) is 3.11. The first-order chi connectivity index (χ1) is 6.63. The lowest BCUT2D eigenvalue weighted by atomic mass is 10.2. The van der Waals surface area contributed by atoms with Gasteiger partial charge in [0.05, 0.1) is 11.1 Å². The van der Waals surface area contributed by atoms with Gasteiger partial charge in [-0.05, 0) is 31.5 Å². The third-order valence-corrected chi connectivity index (χ3v) is 2.27. The first-order valence-corrected chi connectivity index (χ1v) is 5.23. The molecule has 0 saturated heterocycles. The van der Waals surface area contributed by atoms with Gasteiger partial charge in [-0.15, -0.1) is 0 Å². The molecular formula is C11H16ClNO. The molecule has 2 N–H and O–H groups in total. The molecule has 0 saturated carbocycles. The van der Waals surface area contributed by atoms with Crippen molar-refractivity contribution in [2.75, 3.05) is 5.73 Å². The molecule has 3 heteroatoms. The highest BCUT2D eigenvalue weighted by atomic mass is 35.5. The Balaban J connectivity index is 2.67. The number of benzene rings is 1. The minimum absolute atomic E-state index is 0.195. The zero-order valence-corrected chi connectivity index (χ0v) is 9.34. The van der Waals surface area contributed by atoms with Crippen LogP contribution >= 0.6 is 11.6 Å². The highest BCUT2D eigenvalue weighted by Gasteiger charge is 2.06. The van der Waals surface area contributed by atoms with E-state index < -0.39 is 0 Å². The molecule has 1 aromatic rings. The zero-order chi connectivity index (χ0) is 10.6. The fourth-order valence-corrected chi connectivity index (χ4v) is 1.53. The van der Waals surface area contributed by atoms with Crippen molar-refractivity contribution in [1.82, 2.24) is 0 Å². The maximum absolute atomic E-state index is 5.97. The van der Waals surface area contributed by atoms with Crippen molar-refractivity contribution in [3.8, 4) is 5.75 Å². The lowest BCUT2D eigenvalue weighted by Gasteiger charge is -2.14. The number of nitrogen functional groups attached to an aromatic ring is 1. The maximum Gasteiger partial charge on any atom is 0.138 e. The molecule has 2 nitrogen and oxygen atoms in total. The summed E-state index contributed by atoms with van der Waals surface area (Å²) in [6, 6.07) is 5.30. The minimum atomic E-state index is 0.195. The Hall–Kier alpha value is -0.890. The van der Waals surface area contributed by atoms with E-state index >= 15 is 0 Å². The van der Waals surface area contributed by atoms with Crippen LogP contribution in [0.25, 0.3) is 0 Å². The minimum Gasteiger partial charge on any atom is -0.489 e. The molecule has 78 valence electrons. The molecule has 0 radical (unpaired) electrons. The lowest BCUT2D eigenvalue weighted by Crippen LogP contribution is -2.11. The van der Waals surface area contributed by atoms with E-state index in [9.17, 15) is 0 Å². The number of hydrogen-bond donors (Lipinski definition) is 1. The predicted molar refractivity (Wildman–Crippen MR) is 60.9 cm³/mol. The van der Waals surface area contributed by atoms with E-state index in [4.69, 9.17) is 22.1 Å². The van der Waals surface area contributed by atoms with Crippen molar-refractivity contribution in [2.24, 2.45) is 0 Å². The summed E-state index contributed by atoms with van der Waals surface area (Å²) in [4.78, 5) is 0. The molecule has 0 fully saturated rings. The van der Waals surface area contributed by atoms with E-state index in [1.165, 1.54) is 0 Å². The van der Waals surface area contributed by atoms with Crippen molar-refractivity contribution in [3.05, 3.63) is 23.2 Å². The van der Waals surface area contributed by atoms with Crippen LogP contribution < -0.4 is 10.5 Å². The van der Waals surface area contributed by atoms with Gasteiger partial charge in [0.1, 0.15) is 5.75 Å². The average Bonchev–Trinajstić information content (AvgIpc) is 2.10. The van der Waals surface area contributed by atoms with Crippen LogP contribution in [0.4, 0.5) is 5.69 Å². The number of nitrogens with two attached hydrogens (primary N) is 1. The van der Waals surface area contributed by atoms with Crippen LogP contribution in [0.15, 0.2) is 18.2 Å². The second-order valence-corrected chi connectivity index (χ2v) is 3.81. The third-order valence-electron chi connectivity index (χ3n) is 1.98. The first-order valence-electron chi connectivity index (χ1n) is 4.85. The summed E-state index contributed by atoms with van der Waals surface area (Å²) >= 11 is 5.97. The normalized spacial score (nSPS) is 12.5. The molecule has 0 heterocycles. The topological polar surface area (TPSA) is 35.2 Å². The van der Waals surface area contributed by atoms with Gasteiger partial charge >= 0.3 is 0 Å². The molecule has 0 aliphatic rings. The highest BCUT2D eigenvalue weighted by molar-refractivity contribution is 6.32. The van der Waals surface area contributed by atoms with Crippen LogP contribution in [0.3, 0.4) is 0 Å². The largest absolute Gasteiger partial charge is 0.489 e. The highest BCUT2D eigenvalue weighted by Crippen LogP contribution is 2.27. The van der Waals surface area contributed by atoms with Crippen LogP contribution in [-0.4, -0.2) is 6.10 Å². The van der Waals surface area contributed by atoms with Gasteiger partial charge in [-0.1, -0.05) is 24.9 Å². The predicted octanol–water partition coefficient (Wildman–Crippen LogP) is 3.49. The summed E-state index contributed by atoms with van der Waals surface area (Å²) in [5, 5.41) is 0.577. The Morgan fingerprint density at radius 2 is 2.21 bits per heavy atom. The fourth-order valence-electron chi connectivity index (χ4n) is 1.29. The first kappa shape index (κ1) is 11.2. The van der Waals surface area contributed by atoms with E-state index in [1.807, 2.05) is 13.0 Å². The lowest BCUT2D eigenvalue weighted by molar-refractivity contribution is 0.210. The van der Waals surface area contributed by atoms with Crippen LogP contribution in [0.1, 0.15) is 26.7 Å². The fraction of sp³-hybridized carbons (Fsp3) is 0.455. The Morgan fingerprint density at radius 1 is 1.50 bits per heavy atom. The molecular weight excluding hydrogens is 198 g/mol. The van der Waals surface area contributed by atoms with Gasteiger partial charge in [0.15, 0.2) is 0 Å². The summed E-state index contributed by atoms with van der Waals surface area (Å²) in [6.45, 7) is 4.17. The second kappa shape index (κ2) is 5.11. The van der Waals surface area contributed by atoms with E-state index in [0.29, 0.717) is 16.5 Å². The Labute approximate surface area is 90.0 Å². The van der Waals surface area contributed by atoms with E-state index in [-0.39, 0.29) is 6.10 Å². The van der Waals surface area contributed by atoms with Crippen molar-refractivity contribution < 1.29 is 4.74 Å².